The van der Waals surface area contributed by atoms with E-state index in [1.807, 2.05) is 72.5 Å². The summed E-state index contributed by atoms with van der Waals surface area (Å²) >= 11 is 5.85. The Hall–Kier alpha value is -4.17. The fraction of sp³-hybridized carbons (Fsp3) is 0.179. The standard InChI is InChI=1S/C28H26N4O3S/c1-17-7-5-9-21(15-17)32-18(2)24(25(29-28(32)36)20-8-6-10-23(16-20)34-4)27-30-26(31-35-27)19-11-13-22(33-3)14-12-19/h5-16,25H,1-4H3,(H,29,36). The molecule has 8 heteroatoms. The summed E-state index contributed by atoms with van der Waals surface area (Å²) in [6.07, 6.45) is 0. The molecule has 1 aliphatic rings. The summed E-state index contributed by atoms with van der Waals surface area (Å²) in [5.41, 5.74) is 5.64. The summed E-state index contributed by atoms with van der Waals surface area (Å²) < 4.78 is 16.6. The lowest BCUT2D eigenvalue weighted by Crippen LogP contribution is -2.46. The molecule has 1 N–H and O–H groups in total. The third-order valence-electron chi connectivity index (χ3n) is 6.18. The van der Waals surface area contributed by atoms with Gasteiger partial charge in [-0.1, -0.05) is 29.4 Å². The highest BCUT2D eigenvalue weighted by atomic mass is 32.1. The van der Waals surface area contributed by atoms with Crippen LogP contribution in [0.15, 0.2) is 83.0 Å². The van der Waals surface area contributed by atoms with E-state index in [9.17, 15) is 0 Å². The molecule has 7 nitrogen and oxygen atoms in total. The minimum atomic E-state index is -0.308. The fourth-order valence-electron chi connectivity index (χ4n) is 4.36. The molecule has 36 heavy (non-hydrogen) atoms. The smallest absolute Gasteiger partial charge is 0.258 e. The van der Waals surface area contributed by atoms with Crippen LogP contribution in [0.4, 0.5) is 5.69 Å². The number of hydrogen-bond donors (Lipinski definition) is 1. The second kappa shape index (κ2) is 9.83. The fourth-order valence-corrected chi connectivity index (χ4v) is 4.72. The van der Waals surface area contributed by atoms with Crippen LogP contribution in [-0.2, 0) is 0 Å². The number of benzene rings is 3. The van der Waals surface area contributed by atoms with Crippen LogP contribution in [0.25, 0.3) is 17.0 Å². The van der Waals surface area contributed by atoms with Gasteiger partial charge in [0.1, 0.15) is 11.5 Å². The van der Waals surface area contributed by atoms with Crippen molar-refractivity contribution < 1.29 is 14.0 Å². The number of nitrogens with zero attached hydrogens (tertiary/aromatic N) is 3. The maximum atomic E-state index is 5.85. The molecule has 5 rings (SSSR count). The quantitative estimate of drug-likeness (QED) is 0.328. The highest BCUT2D eigenvalue weighted by Crippen LogP contribution is 2.40. The predicted molar refractivity (Wildman–Crippen MR) is 144 cm³/mol. The average molecular weight is 499 g/mol. The Morgan fingerprint density at radius 3 is 2.39 bits per heavy atom. The van der Waals surface area contributed by atoms with Crippen LogP contribution in [0.1, 0.15) is 30.0 Å². The van der Waals surface area contributed by atoms with Crippen molar-refractivity contribution in [3.8, 4) is 22.9 Å². The largest absolute Gasteiger partial charge is 0.497 e. The number of aryl methyl sites for hydroxylation is 1. The summed E-state index contributed by atoms with van der Waals surface area (Å²) in [6.45, 7) is 4.08. The average Bonchev–Trinajstić information content (AvgIpc) is 3.38. The Bertz CT molecular complexity index is 1450. The SMILES string of the molecule is COc1ccc(-c2noc(C3=C(C)N(c4cccc(C)c4)C(=S)NC3c3cccc(OC)c3)n2)cc1. The van der Waals surface area contributed by atoms with Crippen LogP contribution in [-0.4, -0.2) is 29.5 Å². The molecule has 0 radical (unpaired) electrons. The Kier molecular flexibility index (Phi) is 6.43. The normalized spacial score (nSPS) is 15.6. The number of nitrogens with one attached hydrogen (secondary N) is 1. The van der Waals surface area contributed by atoms with Crippen molar-refractivity contribution in [2.75, 3.05) is 19.1 Å². The molecule has 0 saturated carbocycles. The molecule has 1 aliphatic heterocycles. The predicted octanol–water partition coefficient (Wildman–Crippen LogP) is 5.93. The highest BCUT2D eigenvalue weighted by Gasteiger charge is 2.35. The first kappa shape index (κ1) is 23.6. The molecular formula is C28H26N4O3S. The van der Waals surface area contributed by atoms with Gasteiger partial charge in [-0.05, 0) is 85.7 Å². The lowest BCUT2D eigenvalue weighted by Gasteiger charge is -2.37. The Morgan fingerprint density at radius 1 is 0.917 bits per heavy atom. The molecule has 0 amide bonds. The maximum Gasteiger partial charge on any atom is 0.258 e. The number of anilines is 1. The van der Waals surface area contributed by atoms with Gasteiger partial charge in [-0.3, -0.25) is 4.90 Å². The van der Waals surface area contributed by atoms with Crippen molar-refractivity contribution in [2.24, 2.45) is 0 Å². The minimum Gasteiger partial charge on any atom is -0.497 e. The summed E-state index contributed by atoms with van der Waals surface area (Å²) in [7, 11) is 3.29. The molecule has 3 aromatic carbocycles. The lowest BCUT2D eigenvalue weighted by molar-refractivity contribution is 0.403. The van der Waals surface area contributed by atoms with E-state index in [1.54, 1.807) is 14.2 Å². The van der Waals surface area contributed by atoms with Gasteiger partial charge in [0, 0.05) is 16.9 Å². The maximum absolute atomic E-state index is 5.85. The molecule has 1 atom stereocenters. The molecule has 182 valence electrons. The number of rotatable bonds is 6. The van der Waals surface area contributed by atoms with Crippen LogP contribution < -0.4 is 19.7 Å². The van der Waals surface area contributed by atoms with Gasteiger partial charge in [-0.15, -0.1) is 0 Å². The Labute approximate surface area is 215 Å². The van der Waals surface area contributed by atoms with Crippen molar-refractivity contribution >= 4 is 28.6 Å². The summed E-state index contributed by atoms with van der Waals surface area (Å²) in [5, 5.41) is 8.36. The van der Waals surface area contributed by atoms with Crippen LogP contribution in [0.2, 0.25) is 0 Å². The van der Waals surface area contributed by atoms with Gasteiger partial charge in [0.25, 0.3) is 5.89 Å². The third kappa shape index (κ3) is 4.43. The zero-order valence-corrected chi connectivity index (χ0v) is 21.3. The van der Waals surface area contributed by atoms with E-state index < -0.39 is 0 Å². The second-order valence-corrected chi connectivity index (χ2v) is 8.87. The summed E-state index contributed by atoms with van der Waals surface area (Å²) in [5.74, 6) is 2.42. The van der Waals surface area contributed by atoms with Crippen LogP contribution >= 0.6 is 12.2 Å². The molecule has 4 aromatic rings. The van der Waals surface area contributed by atoms with E-state index in [0.717, 1.165) is 45.1 Å². The van der Waals surface area contributed by atoms with Crippen molar-refractivity contribution in [3.05, 3.63) is 95.5 Å². The van der Waals surface area contributed by atoms with E-state index in [1.165, 1.54) is 0 Å². The van der Waals surface area contributed by atoms with Gasteiger partial charge >= 0.3 is 0 Å². The molecule has 2 heterocycles. The van der Waals surface area contributed by atoms with Crippen molar-refractivity contribution in [3.63, 3.8) is 0 Å². The van der Waals surface area contributed by atoms with Gasteiger partial charge in [0.05, 0.1) is 25.8 Å². The Balaban J connectivity index is 1.64. The minimum absolute atomic E-state index is 0.308. The van der Waals surface area contributed by atoms with Crippen molar-refractivity contribution in [1.82, 2.24) is 15.5 Å². The molecule has 0 saturated heterocycles. The molecular weight excluding hydrogens is 472 g/mol. The monoisotopic (exact) mass is 498 g/mol. The molecule has 0 spiro atoms. The van der Waals surface area contributed by atoms with E-state index in [0.29, 0.717) is 16.8 Å². The molecule has 0 bridgehead atoms. The second-order valence-electron chi connectivity index (χ2n) is 8.48. The van der Waals surface area contributed by atoms with Crippen LogP contribution in [0, 0.1) is 6.92 Å². The first-order valence-corrected chi connectivity index (χ1v) is 11.9. The summed E-state index contributed by atoms with van der Waals surface area (Å²) in [4.78, 5) is 6.79. The molecule has 0 aliphatic carbocycles. The number of allylic oxidation sites excluding steroid dienone is 1. The third-order valence-corrected chi connectivity index (χ3v) is 6.48. The molecule has 0 fully saturated rings. The first-order valence-electron chi connectivity index (χ1n) is 11.5. The van der Waals surface area contributed by atoms with E-state index in [2.05, 4.69) is 29.5 Å². The molecule has 1 unspecified atom stereocenters. The summed E-state index contributed by atoms with van der Waals surface area (Å²) in [6, 6.07) is 23.3. The van der Waals surface area contributed by atoms with Crippen molar-refractivity contribution in [2.45, 2.75) is 19.9 Å². The van der Waals surface area contributed by atoms with E-state index in [4.69, 9.17) is 31.2 Å². The number of methoxy groups -OCH3 is 2. The van der Waals surface area contributed by atoms with Gasteiger partial charge in [-0.2, -0.15) is 4.98 Å². The zero-order valence-electron chi connectivity index (χ0n) is 20.5. The van der Waals surface area contributed by atoms with Crippen LogP contribution in [0.3, 0.4) is 0 Å². The van der Waals surface area contributed by atoms with Crippen molar-refractivity contribution in [1.29, 1.82) is 0 Å². The van der Waals surface area contributed by atoms with Crippen LogP contribution in [0.5, 0.6) is 11.5 Å². The van der Waals surface area contributed by atoms with Gasteiger partial charge < -0.3 is 19.3 Å². The topological polar surface area (TPSA) is 72.7 Å². The number of aromatic nitrogens is 2. The Morgan fingerprint density at radius 2 is 1.67 bits per heavy atom. The first-order chi connectivity index (χ1) is 17.5. The lowest BCUT2D eigenvalue weighted by atomic mass is 9.94. The number of hydrogen-bond acceptors (Lipinski definition) is 6. The number of ether oxygens (including phenoxy) is 2. The van der Waals surface area contributed by atoms with Gasteiger partial charge in [0.15, 0.2) is 5.11 Å². The molecule has 1 aromatic heterocycles. The number of thiocarbonyl (C=S) groups is 1. The highest BCUT2D eigenvalue weighted by molar-refractivity contribution is 7.80. The van der Waals surface area contributed by atoms with Gasteiger partial charge in [-0.25, -0.2) is 0 Å². The van der Waals surface area contributed by atoms with E-state index >= 15 is 0 Å². The zero-order chi connectivity index (χ0) is 25.2. The van der Waals surface area contributed by atoms with Gasteiger partial charge in [0.2, 0.25) is 5.82 Å². The van der Waals surface area contributed by atoms with E-state index in [-0.39, 0.29) is 6.04 Å².